The lowest BCUT2D eigenvalue weighted by Crippen LogP contribution is -1.93. The molecular weight excluding hydrogens is 250 g/mol. The van der Waals surface area contributed by atoms with E-state index in [1.165, 1.54) is 11.1 Å². The van der Waals surface area contributed by atoms with Crippen LogP contribution < -0.4 is 10.5 Å². The Labute approximate surface area is 117 Å². The molecule has 3 aromatic rings. The Morgan fingerprint density at radius 3 is 2.55 bits per heavy atom. The van der Waals surface area contributed by atoms with E-state index in [9.17, 15) is 0 Å². The number of aromatic nitrogens is 2. The number of rotatable bonds is 2. The number of nitrogens with one attached hydrogen (secondary N) is 1. The lowest BCUT2D eigenvalue weighted by molar-refractivity contribution is 0.415. The summed E-state index contributed by atoms with van der Waals surface area (Å²) in [7, 11) is 1.63. The number of ether oxygens (including phenoxy) is 1. The van der Waals surface area contributed by atoms with Gasteiger partial charge in [-0.3, -0.25) is 0 Å². The van der Waals surface area contributed by atoms with Crippen molar-refractivity contribution in [2.24, 2.45) is 0 Å². The van der Waals surface area contributed by atoms with Gasteiger partial charge in [0.1, 0.15) is 11.6 Å². The Hall–Kier alpha value is -2.49. The molecule has 4 heteroatoms. The van der Waals surface area contributed by atoms with Crippen molar-refractivity contribution in [1.29, 1.82) is 0 Å². The van der Waals surface area contributed by atoms with E-state index in [2.05, 4.69) is 35.9 Å². The molecule has 0 fully saturated rings. The molecule has 3 N–H and O–H groups in total. The summed E-state index contributed by atoms with van der Waals surface area (Å²) < 4.78 is 5.17. The summed E-state index contributed by atoms with van der Waals surface area (Å²) in [6.07, 6.45) is 0. The smallest absolute Gasteiger partial charge is 0.140 e. The van der Waals surface area contributed by atoms with Crippen molar-refractivity contribution in [3.05, 3.63) is 41.5 Å². The molecule has 1 aromatic heterocycles. The van der Waals surface area contributed by atoms with Crippen LogP contribution in [0.15, 0.2) is 30.3 Å². The highest BCUT2D eigenvalue weighted by atomic mass is 16.5. The topological polar surface area (TPSA) is 63.9 Å². The molecule has 0 atom stereocenters. The van der Waals surface area contributed by atoms with Gasteiger partial charge in [0.25, 0.3) is 0 Å². The summed E-state index contributed by atoms with van der Waals surface area (Å²) in [5.41, 5.74) is 12.1. The quantitative estimate of drug-likeness (QED) is 0.699. The summed E-state index contributed by atoms with van der Waals surface area (Å²) >= 11 is 0. The molecule has 0 spiro atoms. The first-order valence-corrected chi connectivity index (χ1v) is 6.49. The van der Waals surface area contributed by atoms with Gasteiger partial charge < -0.3 is 15.5 Å². The average molecular weight is 267 g/mol. The molecule has 1 heterocycles. The van der Waals surface area contributed by atoms with Gasteiger partial charge in [0, 0.05) is 17.3 Å². The molecule has 4 nitrogen and oxygen atoms in total. The van der Waals surface area contributed by atoms with Crippen LogP contribution in [0.1, 0.15) is 11.1 Å². The minimum atomic E-state index is 0.650. The third-order valence-corrected chi connectivity index (χ3v) is 3.61. The summed E-state index contributed by atoms with van der Waals surface area (Å²) in [6.45, 7) is 4.18. The van der Waals surface area contributed by atoms with Crippen LogP contribution in [0.5, 0.6) is 5.75 Å². The zero-order valence-electron chi connectivity index (χ0n) is 11.8. The number of hydrogen-bond donors (Lipinski definition) is 2. The number of fused-ring (bicyclic) bond motifs is 1. The number of nitrogens with zero attached hydrogens (tertiary/aromatic N) is 1. The fourth-order valence-electron chi connectivity index (χ4n) is 2.28. The van der Waals surface area contributed by atoms with E-state index in [-0.39, 0.29) is 0 Å². The number of benzene rings is 2. The van der Waals surface area contributed by atoms with Gasteiger partial charge >= 0.3 is 0 Å². The first-order valence-electron chi connectivity index (χ1n) is 6.49. The third-order valence-electron chi connectivity index (χ3n) is 3.61. The lowest BCUT2D eigenvalue weighted by Gasteiger charge is -2.05. The molecule has 0 amide bonds. The van der Waals surface area contributed by atoms with Gasteiger partial charge in [-0.1, -0.05) is 0 Å². The maximum absolute atomic E-state index is 6.07. The zero-order chi connectivity index (χ0) is 14.3. The lowest BCUT2D eigenvalue weighted by atomic mass is 10.1. The number of aryl methyl sites for hydroxylation is 2. The van der Waals surface area contributed by atoms with Gasteiger partial charge in [-0.25, -0.2) is 4.98 Å². The normalized spacial score (nSPS) is 10.9. The van der Waals surface area contributed by atoms with Crippen LogP contribution in [-0.4, -0.2) is 17.1 Å². The summed E-state index contributed by atoms with van der Waals surface area (Å²) in [5, 5.41) is 0. The first-order chi connectivity index (χ1) is 9.58. The van der Waals surface area contributed by atoms with E-state index in [1.807, 2.05) is 12.1 Å². The fourth-order valence-corrected chi connectivity index (χ4v) is 2.28. The first kappa shape index (κ1) is 12.5. The number of imidazole rings is 1. The molecule has 3 rings (SSSR count). The molecule has 0 unspecified atom stereocenters. The van der Waals surface area contributed by atoms with Crippen molar-refractivity contribution in [3.8, 4) is 17.1 Å². The third kappa shape index (κ3) is 1.99. The van der Waals surface area contributed by atoms with Gasteiger partial charge in [0.05, 0.1) is 18.1 Å². The average Bonchev–Trinajstić information content (AvgIpc) is 2.81. The van der Waals surface area contributed by atoms with Crippen molar-refractivity contribution >= 4 is 16.7 Å². The Balaban J connectivity index is 2.15. The predicted octanol–water partition coefficient (Wildman–Crippen LogP) is 3.44. The van der Waals surface area contributed by atoms with Crippen LogP contribution in [0.3, 0.4) is 0 Å². The van der Waals surface area contributed by atoms with Crippen molar-refractivity contribution in [1.82, 2.24) is 9.97 Å². The molecule has 0 saturated heterocycles. The van der Waals surface area contributed by atoms with Gasteiger partial charge in [-0.05, 0) is 49.2 Å². The van der Waals surface area contributed by atoms with Crippen molar-refractivity contribution in [3.63, 3.8) is 0 Å². The van der Waals surface area contributed by atoms with E-state index in [0.717, 1.165) is 28.2 Å². The zero-order valence-corrected chi connectivity index (χ0v) is 11.8. The fraction of sp³-hybridized carbons (Fsp3) is 0.188. The Kier molecular flexibility index (Phi) is 2.86. The number of nitrogen functional groups attached to an aromatic ring is 1. The van der Waals surface area contributed by atoms with Crippen molar-refractivity contribution in [2.45, 2.75) is 13.8 Å². The van der Waals surface area contributed by atoms with Gasteiger partial charge in [0.2, 0.25) is 0 Å². The van der Waals surface area contributed by atoms with Crippen LogP contribution in [0.25, 0.3) is 22.4 Å². The Morgan fingerprint density at radius 2 is 1.85 bits per heavy atom. The number of H-pyrrole nitrogens is 1. The molecule has 0 radical (unpaired) electrons. The van der Waals surface area contributed by atoms with Gasteiger partial charge in [0.15, 0.2) is 0 Å². The Morgan fingerprint density at radius 1 is 1.10 bits per heavy atom. The van der Waals surface area contributed by atoms with E-state index in [0.29, 0.717) is 5.69 Å². The van der Waals surface area contributed by atoms with Crippen LogP contribution in [-0.2, 0) is 0 Å². The molecule has 20 heavy (non-hydrogen) atoms. The number of aromatic amines is 1. The number of nitrogens with two attached hydrogens (primary N) is 1. The number of hydrogen-bond acceptors (Lipinski definition) is 3. The monoisotopic (exact) mass is 267 g/mol. The number of methoxy groups -OCH3 is 1. The summed E-state index contributed by atoms with van der Waals surface area (Å²) in [4.78, 5) is 7.95. The van der Waals surface area contributed by atoms with Crippen LogP contribution >= 0.6 is 0 Å². The molecular formula is C16H17N3O. The highest BCUT2D eigenvalue weighted by Crippen LogP contribution is 2.29. The summed E-state index contributed by atoms with van der Waals surface area (Å²) in [5.74, 6) is 1.53. The van der Waals surface area contributed by atoms with Crippen LogP contribution in [0.4, 0.5) is 5.69 Å². The van der Waals surface area contributed by atoms with E-state index < -0.39 is 0 Å². The maximum Gasteiger partial charge on any atom is 0.140 e. The van der Waals surface area contributed by atoms with Crippen molar-refractivity contribution < 1.29 is 4.74 Å². The van der Waals surface area contributed by atoms with Crippen LogP contribution in [0.2, 0.25) is 0 Å². The molecule has 2 aromatic carbocycles. The van der Waals surface area contributed by atoms with E-state index >= 15 is 0 Å². The maximum atomic E-state index is 6.07. The minimum absolute atomic E-state index is 0.650. The standard InChI is InChI=1S/C16H17N3O/c1-9-6-14-15(7-10(9)2)19-16(18-14)12-5-4-11(20-3)8-13(12)17/h4-8H,17H2,1-3H3,(H,18,19). The van der Waals surface area contributed by atoms with Crippen molar-refractivity contribution in [2.75, 3.05) is 12.8 Å². The van der Waals surface area contributed by atoms with Gasteiger partial charge in [-0.2, -0.15) is 0 Å². The van der Waals surface area contributed by atoms with E-state index in [4.69, 9.17) is 10.5 Å². The predicted molar refractivity (Wildman–Crippen MR) is 82.0 cm³/mol. The highest BCUT2D eigenvalue weighted by molar-refractivity contribution is 5.83. The SMILES string of the molecule is COc1ccc(-c2nc3cc(C)c(C)cc3[nH]2)c(N)c1. The molecule has 0 aliphatic carbocycles. The largest absolute Gasteiger partial charge is 0.497 e. The molecule has 0 bridgehead atoms. The second kappa shape index (κ2) is 4.56. The summed E-state index contributed by atoms with van der Waals surface area (Å²) in [6, 6.07) is 9.81. The highest BCUT2D eigenvalue weighted by Gasteiger charge is 2.10. The second-order valence-electron chi connectivity index (χ2n) is 4.99. The van der Waals surface area contributed by atoms with Gasteiger partial charge in [-0.15, -0.1) is 0 Å². The Bertz CT molecular complexity index is 751. The molecule has 0 aliphatic rings. The number of anilines is 1. The minimum Gasteiger partial charge on any atom is -0.497 e. The van der Waals surface area contributed by atoms with Crippen LogP contribution in [0, 0.1) is 13.8 Å². The molecule has 0 aliphatic heterocycles. The molecule has 102 valence electrons. The van der Waals surface area contributed by atoms with E-state index in [1.54, 1.807) is 13.2 Å². The second-order valence-corrected chi connectivity index (χ2v) is 4.99. The molecule has 0 saturated carbocycles.